The number of fused-ring (bicyclic) bond motifs is 3. The first kappa shape index (κ1) is 18.7. The standard InChI is InChI=1S/C21H16N4O3S2/c1-3-28-12-6-7-14-15(9-12)30-21(22-14)24-18(26)16-10-13-19(29-16)23-17-11(2)5-4-8-25(17)20(13)27/h4-10H,3H2,1-2H3,(H,22,24,26). The van der Waals surface area contributed by atoms with Crippen molar-refractivity contribution in [3.05, 3.63) is 63.4 Å². The van der Waals surface area contributed by atoms with Crippen LogP contribution in [0.2, 0.25) is 0 Å². The number of pyridine rings is 1. The van der Waals surface area contributed by atoms with Crippen LogP contribution >= 0.6 is 22.7 Å². The SMILES string of the molecule is CCOc1ccc2nc(NC(=O)c3cc4c(=O)n5cccc(C)c5nc4s3)sc2c1. The van der Waals surface area contributed by atoms with Gasteiger partial charge in [0.2, 0.25) is 0 Å². The van der Waals surface area contributed by atoms with Crippen LogP contribution in [-0.4, -0.2) is 26.9 Å². The maximum atomic E-state index is 12.8. The van der Waals surface area contributed by atoms with Crippen LogP contribution in [-0.2, 0) is 0 Å². The van der Waals surface area contributed by atoms with E-state index in [1.807, 2.05) is 38.1 Å². The molecule has 0 fully saturated rings. The number of rotatable bonds is 4. The van der Waals surface area contributed by atoms with E-state index in [0.29, 0.717) is 32.5 Å². The molecule has 0 radical (unpaired) electrons. The Balaban J connectivity index is 1.49. The quantitative estimate of drug-likeness (QED) is 0.449. The van der Waals surface area contributed by atoms with Gasteiger partial charge in [-0.2, -0.15) is 0 Å². The molecule has 9 heteroatoms. The van der Waals surface area contributed by atoms with Crippen molar-refractivity contribution < 1.29 is 9.53 Å². The molecule has 0 aliphatic rings. The summed E-state index contributed by atoms with van der Waals surface area (Å²) in [7, 11) is 0. The summed E-state index contributed by atoms with van der Waals surface area (Å²) in [4.78, 5) is 35.6. The van der Waals surface area contributed by atoms with E-state index >= 15 is 0 Å². The predicted molar refractivity (Wildman–Crippen MR) is 120 cm³/mol. The van der Waals surface area contributed by atoms with Crippen molar-refractivity contribution in [2.45, 2.75) is 13.8 Å². The number of anilines is 1. The van der Waals surface area contributed by atoms with Gasteiger partial charge in [-0.3, -0.25) is 19.3 Å². The molecule has 150 valence electrons. The van der Waals surface area contributed by atoms with Crippen molar-refractivity contribution in [2.75, 3.05) is 11.9 Å². The smallest absolute Gasteiger partial charge is 0.267 e. The first-order valence-electron chi connectivity index (χ1n) is 9.30. The van der Waals surface area contributed by atoms with Gasteiger partial charge >= 0.3 is 0 Å². The molecule has 0 saturated carbocycles. The second-order valence-corrected chi connectivity index (χ2v) is 8.73. The van der Waals surface area contributed by atoms with Crippen molar-refractivity contribution in [1.82, 2.24) is 14.4 Å². The van der Waals surface area contributed by atoms with Crippen LogP contribution in [0.4, 0.5) is 5.13 Å². The average molecular weight is 437 g/mol. The van der Waals surface area contributed by atoms with E-state index in [0.717, 1.165) is 21.5 Å². The maximum Gasteiger partial charge on any atom is 0.267 e. The largest absolute Gasteiger partial charge is 0.494 e. The summed E-state index contributed by atoms with van der Waals surface area (Å²) in [6.07, 6.45) is 1.69. The lowest BCUT2D eigenvalue weighted by Gasteiger charge is -2.02. The van der Waals surface area contributed by atoms with Crippen LogP contribution in [0.1, 0.15) is 22.2 Å². The summed E-state index contributed by atoms with van der Waals surface area (Å²) in [6.45, 7) is 4.42. The Hall–Kier alpha value is -3.30. The molecular weight excluding hydrogens is 420 g/mol. The van der Waals surface area contributed by atoms with Crippen molar-refractivity contribution >= 4 is 59.8 Å². The lowest BCUT2D eigenvalue weighted by Crippen LogP contribution is -2.14. The highest BCUT2D eigenvalue weighted by Gasteiger charge is 2.17. The molecule has 0 spiro atoms. The second-order valence-electron chi connectivity index (χ2n) is 6.67. The minimum absolute atomic E-state index is 0.183. The number of aromatic nitrogens is 3. The topological polar surface area (TPSA) is 85.6 Å². The van der Waals surface area contributed by atoms with Crippen LogP contribution in [0.25, 0.3) is 26.1 Å². The number of amides is 1. The number of benzene rings is 1. The predicted octanol–water partition coefficient (Wildman–Crippen LogP) is 4.48. The molecule has 1 aromatic carbocycles. The molecule has 30 heavy (non-hydrogen) atoms. The summed E-state index contributed by atoms with van der Waals surface area (Å²) < 4.78 is 7.95. The number of hydrogen-bond acceptors (Lipinski definition) is 7. The average Bonchev–Trinajstić information content (AvgIpc) is 3.33. The van der Waals surface area contributed by atoms with E-state index in [1.54, 1.807) is 18.3 Å². The highest BCUT2D eigenvalue weighted by molar-refractivity contribution is 7.23. The van der Waals surface area contributed by atoms with Crippen molar-refractivity contribution in [3.8, 4) is 5.75 Å². The number of nitrogens with one attached hydrogen (secondary N) is 1. The van der Waals surface area contributed by atoms with Crippen LogP contribution in [0, 0.1) is 6.92 Å². The van der Waals surface area contributed by atoms with Crippen molar-refractivity contribution in [2.24, 2.45) is 0 Å². The number of carbonyl (C=O) groups excluding carboxylic acids is 1. The molecule has 1 N–H and O–H groups in total. The maximum absolute atomic E-state index is 12.8. The van der Waals surface area contributed by atoms with Gasteiger partial charge in [-0.15, -0.1) is 11.3 Å². The molecule has 0 aliphatic carbocycles. The molecule has 4 aromatic heterocycles. The zero-order chi connectivity index (χ0) is 20.8. The summed E-state index contributed by atoms with van der Waals surface area (Å²) in [6, 6.07) is 10.9. The number of nitrogens with zero attached hydrogens (tertiary/aromatic N) is 3. The molecule has 7 nitrogen and oxygen atoms in total. The Bertz CT molecular complexity index is 1500. The highest BCUT2D eigenvalue weighted by atomic mass is 32.1. The van der Waals surface area contributed by atoms with Gasteiger partial charge in [-0.05, 0) is 49.7 Å². The van der Waals surface area contributed by atoms with Gasteiger partial charge in [-0.25, -0.2) is 9.97 Å². The highest BCUT2D eigenvalue weighted by Crippen LogP contribution is 2.30. The molecule has 0 aliphatic heterocycles. The number of aryl methyl sites for hydroxylation is 1. The molecule has 0 unspecified atom stereocenters. The molecular formula is C21H16N4O3S2. The Morgan fingerprint density at radius 3 is 2.90 bits per heavy atom. The minimum atomic E-state index is -0.313. The van der Waals surface area contributed by atoms with E-state index in [4.69, 9.17) is 4.74 Å². The zero-order valence-corrected chi connectivity index (χ0v) is 17.8. The van der Waals surface area contributed by atoms with Crippen molar-refractivity contribution in [1.29, 1.82) is 0 Å². The van der Waals surface area contributed by atoms with E-state index in [1.165, 1.54) is 27.1 Å². The number of thiazole rings is 1. The fourth-order valence-corrected chi connectivity index (χ4v) is 5.05. The Labute approximate surface area is 178 Å². The fraction of sp³-hybridized carbons (Fsp3) is 0.143. The van der Waals surface area contributed by atoms with Crippen LogP contribution in [0.5, 0.6) is 5.75 Å². The molecule has 0 saturated heterocycles. The fourth-order valence-electron chi connectivity index (χ4n) is 3.24. The lowest BCUT2D eigenvalue weighted by atomic mass is 10.3. The number of hydrogen-bond donors (Lipinski definition) is 1. The van der Waals surface area contributed by atoms with Crippen molar-refractivity contribution in [3.63, 3.8) is 0 Å². The second kappa shape index (κ2) is 7.19. The van der Waals surface area contributed by atoms with E-state index < -0.39 is 0 Å². The lowest BCUT2D eigenvalue weighted by molar-refractivity contribution is 0.103. The van der Waals surface area contributed by atoms with Gasteiger partial charge in [0.05, 0.1) is 27.1 Å². The normalized spacial score (nSPS) is 11.4. The summed E-state index contributed by atoms with van der Waals surface area (Å²) in [5.74, 6) is 0.456. The number of carbonyl (C=O) groups is 1. The number of thiophene rings is 1. The first-order chi connectivity index (χ1) is 14.5. The number of ether oxygens (including phenoxy) is 1. The van der Waals surface area contributed by atoms with E-state index in [2.05, 4.69) is 15.3 Å². The monoisotopic (exact) mass is 436 g/mol. The molecule has 5 rings (SSSR count). The molecule has 0 bridgehead atoms. The van der Waals surface area contributed by atoms with Crippen LogP contribution < -0.4 is 15.6 Å². The summed E-state index contributed by atoms with van der Waals surface area (Å²) in [5.41, 5.74) is 2.10. The Kier molecular flexibility index (Phi) is 4.48. The summed E-state index contributed by atoms with van der Waals surface area (Å²) >= 11 is 2.57. The van der Waals surface area contributed by atoms with Crippen LogP contribution in [0.3, 0.4) is 0 Å². The van der Waals surface area contributed by atoms with Gasteiger partial charge in [0.25, 0.3) is 11.5 Å². The third kappa shape index (κ3) is 3.12. The van der Waals surface area contributed by atoms with Crippen LogP contribution in [0.15, 0.2) is 47.4 Å². The van der Waals surface area contributed by atoms with Gasteiger partial charge < -0.3 is 4.74 Å². The first-order valence-corrected chi connectivity index (χ1v) is 10.9. The molecule has 5 aromatic rings. The molecule has 4 heterocycles. The van der Waals surface area contributed by atoms with Gasteiger partial charge in [0, 0.05) is 6.20 Å². The molecule has 1 amide bonds. The third-order valence-electron chi connectivity index (χ3n) is 4.65. The summed E-state index contributed by atoms with van der Waals surface area (Å²) in [5, 5.41) is 3.76. The Morgan fingerprint density at radius 1 is 1.20 bits per heavy atom. The van der Waals surface area contributed by atoms with E-state index in [-0.39, 0.29) is 11.5 Å². The zero-order valence-electron chi connectivity index (χ0n) is 16.1. The van der Waals surface area contributed by atoms with Gasteiger partial charge in [-0.1, -0.05) is 17.4 Å². The molecule has 0 atom stereocenters. The van der Waals surface area contributed by atoms with Gasteiger partial charge in [0.1, 0.15) is 16.2 Å². The minimum Gasteiger partial charge on any atom is -0.494 e. The third-order valence-corrected chi connectivity index (χ3v) is 6.61. The Morgan fingerprint density at radius 2 is 2.07 bits per heavy atom. The van der Waals surface area contributed by atoms with E-state index in [9.17, 15) is 9.59 Å². The van der Waals surface area contributed by atoms with Gasteiger partial charge in [0.15, 0.2) is 5.13 Å².